The Bertz CT molecular complexity index is 645. The van der Waals surface area contributed by atoms with Gasteiger partial charge in [0.1, 0.15) is 11.9 Å². The molecule has 0 radical (unpaired) electrons. The molecule has 110 valence electrons. The van der Waals surface area contributed by atoms with Gasteiger partial charge in [-0.05, 0) is 18.4 Å². The Balaban J connectivity index is 1.98. The number of benzene rings is 1. The lowest BCUT2D eigenvalue weighted by Gasteiger charge is -2.17. The van der Waals surface area contributed by atoms with Gasteiger partial charge in [0.2, 0.25) is 0 Å². The predicted molar refractivity (Wildman–Crippen MR) is 81.4 cm³/mol. The highest BCUT2D eigenvalue weighted by Crippen LogP contribution is 2.33. The average molecular weight is 284 g/mol. The molecule has 1 aromatic carbocycles. The van der Waals surface area contributed by atoms with Crippen LogP contribution in [0.15, 0.2) is 41.2 Å². The molecule has 1 N–H and O–H groups in total. The van der Waals surface area contributed by atoms with Crippen LogP contribution in [0.4, 0.5) is 0 Å². The van der Waals surface area contributed by atoms with Crippen LogP contribution in [0.2, 0.25) is 0 Å². The smallest absolute Gasteiger partial charge is 0.251 e. The zero-order chi connectivity index (χ0) is 14.7. The minimum absolute atomic E-state index is 0.0973. The summed E-state index contributed by atoms with van der Waals surface area (Å²) in [6, 6.07) is 11.5. The number of hydrogen-bond acceptors (Lipinski definition) is 3. The van der Waals surface area contributed by atoms with Crippen LogP contribution >= 0.6 is 0 Å². The van der Waals surface area contributed by atoms with E-state index in [0.717, 1.165) is 24.1 Å². The van der Waals surface area contributed by atoms with E-state index in [1.165, 1.54) is 12.8 Å². The van der Waals surface area contributed by atoms with Crippen molar-refractivity contribution in [3.63, 3.8) is 0 Å². The molecule has 0 amide bonds. The van der Waals surface area contributed by atoms with Gasteiger partial charge in [-0.25, -0.2) is 4.98 Å². The maximum absolute atomic E-state index is 12.0. The van der Waals surface area contributed by atoms with Gasteiger partial charge in [-0.1, -0.05) is 43.2 Å². The third kappa shape index (κ3) is 3.05. The molecule has 1 atom stereocenters. The zero-order valence-corrected chi connectivity index (χ0v) is 12.2. The molecule has 4 nitrogen and oxygen atoms in total. The van der Waals surface area contributed by atoms with Gasteiger partial charge in [0.05, 0.1) is 5.69 Å². The van der Waals surface area contributed by atoms with E-state index >= 15 is 0 Å². The SMILES string of the molecule is COC(c1ccccc1)c1nc(C2CCCC2)cc(=O)[nH]1. The Labute approximate surface area is 124 Å². The molecular formula is C17H20N2O2. The highest BCUT2D eigenvalue weighted by atomic mass is 16.5. The molecule has 1 saturated carbocycles. The molecule has 0 spiro atoms. The summed E-state index contributed by atoms with van der Waals surface area (Å²) in [6.07, 6.45) is 4.36. The third-order valence-corrected chi connectivity index (χ3v) is 4.14. The first kappa shape index (κ1) is 14.0. The zero-order valence-electron chi connectivity index (χ0n) is 12.2. The van der Waals surface area contributed by atoms with Crippen molar-refractivity contribution in [1.29, 1.82) is 0 Å². The summed E-state index contributed by atoms with van der Waals surface area (Å²) in [7, 11) is 1.64. The number of methoxy groups -OCH3 is 1. The predicted octanol–water partition coefficient (Wildman–Crippen LogP) is 3.16. The Morgan fingerprint density at radius 2 is 1.95 bits per heavy atom. The lowest BCUT2D eigenvalue weighted by molar-refractivity contribution is 0.128. The molecule has 1 heterocycles. The number of nitrogens with one attached hydrogen (secondary N) is 1. The van der Waals surface area contributed by atoms with E-state index in [1.807, 2.05) is 30.3 Å². The fourth-order valence-corrected chi connectivity index (χ4v) is 3.08. The van der Waals surface area contributed by atoms with Gasteiger partial charge in [-0.3, -0.25) is 4.79 Å². The van der Waals surface area contributed by atoms with Crippen LogP contribution in [0.1, 0.15) is 54.8 Å². The standard InChI is InChI=1S/C17H20N2O2/c1-21-16(13-9-3-2-4-10-13)17-18-14(11-15(20)19-17)12-7-5-6-8-12/h2-4,9-12,16H,5-8H2,1H3,(H,18,19,20). The fourth-order valence-electron chi connectivity index (χ4n) is 3.08. The third-order valence-electron chi connectivity index (χ3n) is 4.14. The summed E-state index contributed by atoms with van der Waals surface area (Å²) in [5, 5.41) is 0. The lowest BCUT2D eigenvalue weighted by atomic mass is 10.0. The first-order valence-corrected chi connectivity index (χ1v) is 7.47. The summed E-state index contributed by atoms with van der Waals surface area (Å²) in [4.78, 5) is 19.5. The summed E-state index contributed by atoms with van der Waals surface area (Å²) < 4.78 is 5.56. The second-order valence-corrected chi connectivity index (χ2v) is 5.56. The van der Waals surface area contributed by atoms with Crippen LogP contribution in [0, 0.1) is 0 Å². The number of rotatable bonds is 4. The molecule has 2 aromatic rings. The molecule has 1 unspecified atom stereocenters. The average Bonchev–Trinajstić information content (AvgIpc) is 3.03. The van der Waals surface area contributed by atoms with Crippen molar-refractivity contribution >= 4 is 0 Å². The van der Waals surface area contributed by atoms with Crippen LogP contribution in [0.3, 0.4) is 0 Å². The number of nitrogens with zero attached hydrogens (tertiary/aromatic N) is 1. The van der Waals surface area contributed by atoms with Crippen LogP contribution in [0.25, 0.3) is 0 Å². The van der Waals surface area contributed by atoms with E-state index in [1.54, 1.807) is 13.2 Å². The van der Waals surface area contributed by atoms with Gasteiger partial charge in [-0.2, -0.15) is 0 Å². The highest BCUT2D eigenvalue weighted by Gasteiger charge is 2.22. The van der Waals surface area contributed by atoms with Gasteiger partial charge < -0.3 is 9.72 Å². The Morgan fingerprint density at radius 1 is 1.24 bits per heavy atom. The van der Waals surface area contributed by atoms with Crippen molar-refractivity contribution in [2.75, 3.05) is 7.11 Å². The van der Waals surface area contributed by atoms with Gasteiger partial charge >= 0.3 is 0 Å². The van der Waals surface area contributed by atoms with Crippen molar-refractivity contribution in [1.82, 2.24) is 9.97 Å². The molecule has 21 heavy (non-hydrogen) atoms. The maximum atomic E-state index is 12.0. The van der Waals surface area contributed by atoms with Crippen LogP contribution in [0.5, 0.6) is 0 Å². The second kappa shape index (κ2) is 6.22. The number of hydrogen-bond donors (Lipinski definition) is 1. The first-order valence-electron chi connectivity index (χ1n) is 7.47. The fraction of sp³-hybridized carbons (Fsp3) is 0.412. The van der Waals surface area contributed by atoms with Gasteiger partial charge in [0.25, 0.3) is 5.56 Å². The summed E-state index contributed by atoms with van der Waals surface area (Å²) >= 11 is 0. The van der Waals surface area contributed by atoms with Crippen LogP contribution < -0.4 is 5.56 Å². The normalized spacial score (nSPS) is 17.0. The molecule has 1 fully saturated rings. The minimum Gasteiger partial charge on any atom is -0.369 e. The lowest BCUT2D eigenvalue weighted by Crippen LogP contribution is -2.18. The Hall–Kier alpha value is -1.94. The van der Waals surface area contributed by atoms with Crippen molar-refractivity contribution in [2.24, 2.45) is 0 Å². The molecule has 0 bridgehead atoms. The summed E-state index contributed by atoms with van der Waals surface area (Å²) in [5.41, 5.74) is 1.80. The number of aromatic amines is 1. The van der Waals surface area contributed by atoms with Gasteiger partial charge in [0, 0.05) is 19.1 Å². The largest absolute Gasteiger partial charge is 0.369 e. The molecule has 0 saturated heterocycles. The molecule has 1 aliphatic carbocycles. The molecule has 4 heteroatoms. The van der Waals surface area contributed by atoms with E-state index in [-0.39, 0.29) is 11.7 Å². The minimum atomic E-state index is -0.333. The van der Waals surface area contributed by atoms with Crippen LogP contribution in [-0.4, -0.2) is 17.1 Å². The number of H-pyrrole nitrogens is 1. The summed E-state index contributed by atoms with van der Waals surface area (Å²) in [6.45, 7) is 0. The quantitative estimate of drug-likeness (QED) is 0.938. The second-order valence-electron chi connectivity index (χ2n) is 5.56. The van der Waals surface area contributed by atoms with Crippen molar-refractivity contribution < 1.29 is 4.74 Å². The molecule has 1 aromatic heterocycles. The van der Waals surface area contributed by atoms with E-state index in [2.05, 4.69) is 9.97 Å². The van der Waals surface area contributed by atoms with Crippen LogP contribution in [-0.2, 0) is 4.74 Å². The number of ether oxygens (including phenoxy) is 1. The monoisotopic (exact) mass is 284 g/mol. The van der Waals surface area contributed by atoms with Crippen molar-refractivity contribution in [3.8, 4) is 0 Å². The summed E-state index contributed by atoms with van der Waals surface area (Å²) in [5.74, 6) is 1.01. The van der Waals surface area contributed by atoms with Crippen molar-refractivity contribution in [3.05, 3.63) is 63.8 Å². The molecular weight excluding hydrogens is 264 g/mol. The molecule has 1 aliphatic rings. The van der Waals surface area contributed by atoms with E-state index in [0.29, 0.717) is 11.7 Å². The topological polar surface area (TPSA) is 55.0 Å². The Kier molecular flexibility index (Phi) is 4.15. The van der Waals surface area contributed by atoms with E-state index in [9.17, 15) is 4.79 Å². The first-order chi connectivity index (χ1) is 10.3. The molecule has 3 rings (SSSR count). The Morgan fingerprint density at radius 3 is 2.62 bits per heavy atom. The highest BCUT2D eigenvalue weighted by molar-refractivity contribution is 5.24. The number of aromatic nitrogens is 2. The van der Waals surface area contributed by atoms with Gasteiger partial charge in [-0.15, -0.1) is 0 Å². The van der Waals surface area contributed by atoms with E-state index in [4.69, 9.17) is 4.74 Å². The van der Waals surface area contributed by atoms with Gasteiger partial charge in [0.15, 0.2) is 0 Å². The maximum Gasteiger partial charge on any atom is 0.251 e. The van der Waals surface area contributed by atoms with E-state index < -0.39 is 0 Å². The van der Waals surface area contributed by atoms with Crippen molar-refractivity contribution in [2.45, 2.75) is 37.7 Å². The molecule has 0 aliphatic heterocycles.